The summed E-state index contributed by atoms with van der Waals surface area (Å²) in [6.45, 7) is 10.0. The van der Waals surface area contributed by atoms with Crippen LogP contribution in [0.1, 0.15) is 53.2 Å². The monoisotopic (exact) mass is 832 g/mol. The fourth-order valence-corrected chi connectivity index (χ4v) is 7.51. The number of para-hydroxylation sites is 1. The van der Waals surface area contributed by atoms with E-state index < -0.39 is 6.03 Å². The first-order chi connectivity index (χ1) is 28.1. The van der Waals surface area contributed by atoms with Gasteiger partial charge < -0.3 is 30.3 Å². The molecule has 4 N–H and O–H groups in total. The number of ether oxygens (including phenoxy) is 2. The summed E-state index contributed by atoms with van der Waals surface area (Å²) in [6, 6.07) is 13.8. The second-order valence-electron chi connectivity index (χ2n) is 14.0. The Labute approximate surface area is 346 Å². The number of unbranched alkanes of at least 4 members (excludes halogenated alkanes) is 3. The molecule has 0 unspecified atom stereocenters. The molecule has 2 aliphatic heterocycles. The van der Waals surface area contributed by atoms with Gasteiger partial charge in [-0.15, -0.1) is 0 Å². The molecule has 2 saturated heterocycles. The molecule has 4 aromatic rings. The number of piperazine rings is 1. The number of nitrogens with zero attached hydrogens (tertiary/aromatic N) is 6. The van der Waals surface area contributed by atoms with E-state index in [1.807, 2.05) is 32.0 Å². The number of hydrogen-bond acceptors (Lipinski definition) is 13. The molecule has 0 saturated carbocycles. The van der Waals surface area contributed by atoms with Crippen LogP contribution in [0.5, 0.6) is 0 Å². The highest BCUT2D eigenvalue weighted by Crippen LogP contribution is 2.29. The minimum absolute atomic E-state index is 0.110. The Morgan fingerprint density at radius 3 is 2.50 bits per heavy atom. The summed E-state index contributed by atoms with van der Waals surface area (Å²) < 4.78 is 11.2. The third-order valence-corrected chi connectivity index (χ3v) is 10.8. The average Bonchev–Trinajstić information content (AvgIpc) is 3.67. The van der Waals surface area contributed by atoms with Gasteiger partial charge in [-0.3, -0.25) is 29.5 Å². The third kappa shape index (κ3) is 12.4. The molecule has 308 valence electrons. The second kappa shape index (κ2) is 21.0. The molecular formula is C40H49ClN10O6S. The van der Waals surface area contributed by atoms with Crippen LogP contribution < -0.4 is 31.1 Å². The summed E-state index contributed by atoms with van der Waals surface area (Å²) in [4.78, 5) is 69.1. The van der Waals surface area contributed by atoms with Crippen LogP contribution >= 0.6 is 22.9 Å². The van der Waals surface area contributed by atoms with E-state index in [2.05, 4.69) is 41.0 Å². The predicted octanol–water partition coefficient (Wildman–Crippen LogP) is 6.00. The van der Waals surface area contributed by atoms with Crippen molar-refractivity contribution in [2.75, 3.05) is 91.4 Å². The largest absolute Gasteiger partial charge is 0.379 e. The number of aryl methyl sites for hydroxylation is 2. The summed E-state index contributed by atoms with van der Waals surface area (Å²) in [7, 11) is 0. The van der Waals surface area contributed by atoms with E-state index in [1.165, 1.54) is 22.4 Å². The van der Waals surface area contributed by atoms with Gasteiger partial charge in [-0.2, -0.15) is 0 Å². The molecule has 2 aromatic heterocycles. The summed E-state index contributed by atoms with van der Waals surface area (Å²) in [5.74, 6) is 1.25. The molecule has 0 atom stereocenters. The third-order valence-electron chi connectivity index (χ3n) is 9.56. The van der Waals surface area contributed by atoms with Gasteiger partial charge in [0.1, 0.15) is 28.9 Å². The van der Waals surface area contributed by atoms with Gasteiger partial charge in [-0.1, -0.05) is 54.0 Å². The summed E-state index contributed by atoms with van der Waals surface area (Å²) in [5, 5.41) is 12.2. The number of anilines is 6. The summed E-state index contributed by atoms with van der Waals surface area (Å²) in [6.07, 6.45) is 6.06. The summed E-state index contributed by atoms with van der Waals surface area (Å²) >= 11 is 7.53. The lowest BCUT2D eigenvalue weighted by Gasteiger charge is -2.35. The van der Waals surface area contributed by atoms with Gasteiger partial charge in [0, 0.05) is 63.2 Å². The van der Waals surface area contributed by atoms with Crippen molar-refractivity contribution in [1.29, 1.82) is 0 Å². The maximum atomic E-state index is 12.9. The predicted molar refractivity (Wildman–Crippen MR) is 226 cm³/mol. The maximum absolute atomic E-state index is 12.9. The molecule has 0 radical (unpaired) electrons. The number of hydrogen-bond donors (Lipinski definition) is 4. The van der Waals surface area contributed by atoms with E-state index >= 15 is 0 Å². The maximum Gasteiger partial charge on any atom is 0.328 e. The Morgan fingerprint density at radius 2 is 1.69 bits per heavy atom. The number of nitrogens with one attached hydrogen (secondary N) is 4. The van der Waals surface area contributed by atoms with Gasteiger partial charge in [0.15, 0.2) is 5.13 Å². The molecule has 58 heavy (non-hydrogen) atoms. The number of rotatable bonds is 19. The van der Waals surface area contributed by atoms with Gasteiger partial charge >= 0.3 is 6.03 Å². The van der Waals surface area contributed by atoms with Crippen LogP contribution in [-0.4, -0.2) is 109 Å². The lowest BCUT2D eigenvalue weighted by molar-refractivity contribution is -0.121. The lowest BCUT2D eigenvalue weighted by Crippen LogP contribution is -2.49. The highest BCUT2D eigenvalue weighted by molar-refractivity contribution is 7.17. The fourth-order valence-electron chi connectivity index (χ4n) is 6.53. The smallest absolute Gasteiger partial charge is 0.328 e. The molecule has 0 bridgehead atoms. The number of urea groups is 1. The van der Waals surface area contributed by atoms with E-state index in [0.717, 1.165) is 69.8 Å². The first-order valence-electron chi connectivity index (χ1n) is 19.4. The van der Waals surface area contributed by atoms with Gasteiger partial charge in [-0.25, -0.2) is 19.7 Å². The molecule has 6 rings (SSSR count). The van der Waals surface area contributed by atoms with E-state index in [1.54, 1.807) is 30.3 Å². The van der Waals surface area contributed by atoms with E-state index in [-0.39, 0.29) is 37.3 Å². The van der Waals surface area contributed by atoms with Gasteiger partial charge in [-0.05, 0) is 63.1 Å². The van der Waals surface area contributed by atoms with Gasteiger partial charge in [0.2, 0.25) is 11.8 Å². The van der Waals surface area contributed by atoms with Crippen molar-refractivity contribution >= 4 is 80.5 Å². The Bertz CT molecular complexity index is 2040. The average molecular weight is 833 g/mol. The van der Waals surface area contributed by atoms with Crippen molar-refractivity contribution in [2.24, 2.45) is 0 Å². The van der Waals surface area contributed by atoms with Gasteiger partial charge in [0.05, 0.1) is 30.1 Å². The molecular weight excluding hydrogens is 784 g/mol. The van der Waals surface area contributed by atoms with Crippen LogP contribution in [-0.2, 0) is 19.1 Å². The summed E-state index contributed by atoms with van der Waals surface area (Å²) in [5.41, 5.74) is 2.60. The first-order valence-corrected chi connectivity index (χ1v) is 20.6. The standard InChI is InChI=1S/C40H49ClN10O6S/c1-27-9-7-12-31(41)37(27)48-38(54)32-25-42-39(58-32)46-33-24-34(44-28(2)43-33)50-18-16-49(17-19-50)14-5-3-4-6-20-56-21-22-57-26-36(53)45-29-10-8-11-30(23-29)51-15-13-35(52)47-40(51)55/h7-12,23-25H,3-6,13-22,26H2,1-2H3,(H,45,53)(H,48,54)(H,47,52,55)(H,42,43,44,46). The number of halogens is 1. The van der Waals surface area contributed by atoms with Crippen molar-refractivity contribution < 1.29 is 28.7 Å². The van der Waals surface area contributed by atoms with Crippen molar-refractivity contribution in [1.82, 2.24) is 25.2 Å². The molecule has 2 fully saturated rings. The number of amides is 5. The number of aromatic nitrogens is 3. The zero-order chi connectivity index (χ0) is 40.9. The normalized spacial score (nSPS) is 14.7. The van der Waals surface area contributed by atoms with Gasteiger partial charge in [0.25, 0.3) is 5.91 Å². The molecule has 16 nitrogen and oxygen atoms in total. The van der Waals surface area contributed by atoms with Crippen molar-refractivity contribution in [3.05, 3.63) is 76.0 Å². The van der Waals surface area contributed by atoms with Crippen LogP contribution in [0.4, 0.5) is 38.6 Å². The Hall–Kier alpha value is -5.20. The van der Waals surface area contributed by atoms with Crippen molar-refractivity contribution in [2.45, 2.75) is 46.0 Å². The van der Waals surface area contributed by atoms with Crippen LogP contribution in [0.15, 0.2) is 54.7 Å². The quantitative estimate of drug-likeness (QED) is 0.0811. The van der Waals surface area contributed by atoms with Crippen LogP contribution in [0.2, 0.25) is 5.02 Å². The number of carbonyl (C=O) groups is 4. The minimum atomic E-state index is -0.477. The highest BCUT2D eigenvalue weighted by Gasteiger charge is 2.24. The van der Waals surface area contributed by atoms with Crippen molar-refractivity contribution in [3.8, 4) is 0 Å². The zero-order valence-corrected chi connectivity index (χ0v) is 34.3. The number of carbonyl (C=O) groups excluding carboxylic acids is 4. The van der Waals surface area contributed by atoms with E-state index in [9.17, 15) is 19.2 Å². The molecule has 0 aliphatic carbocycles. The van der Waals surface area contributed by atoms with E-state index in [0.29, 0.717) is 63.6 Å². The van der Waals surface area contributed by atoms with E-state index in [4.69, 9.17) is 26.1 Å². The first kappa shape index (κ1) is 42.4. The molecule has 2 aromatic carbocycles. The van der Waals surface area contributed by atoms with Crippen molar-refractivity contribution in [3.63, 3.8) is 0 Å². The lowest BCUT2D eigenvalue weighted by atomic mass is 10.2. The Kier molecular flexibility index (Phi) is 15.3. The molecule has 4 heterocycles. The van der Waals surface area contributed by atoms with Crippen LogP contribution in [0.25, 0.3) is 0 Å². The Morgan fingerprint density at radius 1 is 0.897 bits per heavy atom. The molecule has 0 spiro atoms. The molecule has 2 aliphatic rings. The zero-order valence-electron chi connectivity index (χ0n) is 32.7. The number of thiazole rings is 1. The van der Waals surface area contributed by atoms with Crippen LogP contribution in [0, 0.1) is 13.8 Å². The minimum Gasteiger partial charge on any atom is -0.379 e. The number of imide groups is 1. The molecule has 18 heteroatoms. The molecule has 5 amide bonds. The topological polar surface area (TPSA) is 183 Å². The fraction of sp³-hybridized carbons (Fsp3) is 0.425. The van der Waals surface area contributed by atoms with Crippen LogP contribution in [0.3, 0.4) is 0 Å². The number of benzene rings is 2. The Balaban J connectivity index is 0.801. The second-order valence-corrected chi connectivity index (χ2v) is 15.4. The SMILES string of the molecule is Cc1nc(Nc2ncc(C(=O)Nc3c(C)cccc3Cl)s2)cc(N2CCN(CCCCCCOCCOCC(=O)Nc3cccc(N4CCC(=O)NC4=O)c3)CC2)n1. The highest BCUT2D eigenvalue weighted by atomic mass is 35.5.